The van der Waals surface area contributed by atoms with E-state index in [1.807, 2.05) is 17.0 Å². The summed E-state index contributed by atoms with van der Waals surface area (Å²) in [7, 11) is 1.69. The molecule has 32 heavy (non-hydrogen) atoms. The largest absolute Gasteiger partial charge is 0.359 e. The summed E-state index contributed by atoms with van der Waals surface area (Å²) in [5.41, 5.74) is 2.75. The van der Waals surface area contributed by atoms with Crippen LogP contribution in [-0.2, 0) is 22.4 Å². The van der Waals surface area contributed by atoms with Crippen LogP contribution in [0.4, 0.5) is 0 Å². The van der Waals surface area contributed by atoms with Crippen LogP contribution in [0.15, 0.2) is 66.3 Å². The van der Waals surface area contributed by atoms with Gasteiger partial charge in [-0.05, 0) is 59.9 Å². The van der Waals surface area contributed by atoms with Crippen molar-refractivity contribution >= 4 is 23.2 Å². The molecule has 0 unspecified atom stereocenters. The van der Waals surface area contributed by atoms with Crippen LogP contribution in [0.1, 0.15) is 30.4 Å². The first-order valence-electron chi connectivity index (χ1n) is 11.1. The molecule has 2 amide bonds. The van der Waals surface area contributed by atoms with Crippen molar-refractivity contribution in [3.63, 3.8) is 0 Å². The van der Waals surface area contributed by atoms with E-state index in [1.54, 1.807) is 30.8 Å². The number of hydrogen-bond donors (Lipinski definition) is 1. The van der Waals surface area contributed by atoms with Crippen molar-refractivity contribution in [2.75, 3.05) is 20.1 Å². The van der Waals surface area contributed by atoms with Gasteiger partial charge in [-0.2, -0.15) is 0 Å². The highest BCUT2D eigenvalue weighted by atomic mass is 32.1. The molecule has 3 aromatic rings. The number of nitrogens with zero attached hydrogens (tertiary/aromatic N) is 2. The molecule has 3 heterocycles. The van der Waals surface area contributed by atoms with Gasteiger partial charge in [-0.3, -0.25) is 14.6 Å². The zero-order valence-electron chi connectivity index (χ0n) is 18.4. The fraction of sp³-hybridized carbons (Fsp3) is 0.346. The van der Waals surface area contributed by atoms with E-state index in [9.17, 15) is 9.59 Å². The monoisotopic (exact) mass is 447 g/mol. The average Bonchev–Trinajstić information content (AvgIpc) is 3.38. The number of aryl methyl sites for hydroxylation is 1. The highest BCUT2D eigenvalue weighted by Crippen LogP contribution is 2.36. The minimum atomic E-state index is -0.606. The second-order valence-electron chi connectivity index (χ2n) is 8.49. The molecule has 1 aromatic carbocycles. The Bertz CT molecular complexity index is 1050. The molecule has 1 N–H and O–H groups in total. The van der Waals surface area contributed by atoms with E-state index >= 15 is 0 Å². The van der Waals surface area contributed by atoms with E-state index in [1.165, 1.54) is 10.4 Å². The van der Waals surface area contributed by atoms with Crippen LogP contribution in [0.5, 0.6) is 0 Å². The number of carbonyl (C=O) groups is 2. The zero-order valence-corrected chi connectivity index (χ0v) is 19.2. The second kappa shape index (κ2) is 10.1. The quantitative estimate of drug-likeness (QED) is 0.586. The molecule has 0 spiro atoms. The van der Waals surface area contributed by atoms with Crippen LogP contribution < -0.4 is 5.32 Å². The van der Waals surface area contributed by atoms with E-state index in [2.05, 4.69) is 52.1 Å². The fourth-order valence-electron chi connectivity index (χ4n) is 4.64. The van der Waals surface area contributed by atoms with E-state index < -0.39 is 5.41 Å². The summed E-state index contributed by atoms with van der Waals surface area (Å²) < 4.78 is 0. The van der Waals surface area contributed by atoms with Gasteiger partial charge in [0.2, 0.25) is 11.8 Å². The minimum Gasteiger partial charge on any atom is -0.359 e. The molecule has 0 radical (unpaired) electrons. The summed E-state index contributed by atoms with van der Waals surface area (Å²) in [5.74, 6) is 0.123. The molecular formula is C26H29N3O2S. The summed E-state index contributed by atoms with van der Waals surface area (Å²) in [6.45, 7) is 1.17. The summed E-state index contributed by atoms with van der Waals surface area (Å²) in [6, 6.07) is 16.5. The molecular weight excluding hydrogens is 418 g/mol. The maximum Gasteiger partial charge on any atom is 0.228 e. The maximum absolute atomic E-state index is 13.1. The molecule has 5 nitrogen and oxygen atoms in total. The molecule has 0 saturated carbocycles. The molecule has 1 saturated heterocycles. The predicted octanol–water partition coefficient (Wildman–Crippen LogP) is 4.34. The number of benzene rings is 1. The molecule has 0 bridgehead atoms. The van der Waals surface area contributed by atoms with Crippen molar-refractivity contribution in [2.24, 2.45) is 5.41 Å². The summed E-state index contributed by atoms with van der Waals surface area (Å²) in [6.07, 6.45) is 6.87. The van der Waals surface area contributed by atoms with Crippen LogP contribution in [0.25, 0.3) is 10.4 Å². The summed E-state index contributed by atoms with van der Waals surface area (Å²) >= 11 is 1.71. The fourth-order valence-corrected chi connectivity index (χ4v) is 5.37. The van der Waals surface area contributed by atoms with Crippen molar-refractivity contribution in [1.29, 1.82) is 0 Å². The normalized spacial score (nSPS) is 18.3. The van der Waals surface area contributed by atoms with Gasteiger partial charge in [0.1, 0.15) is 0 Å². The van der Waals surface area contributed by atoms with Crippen molar-refractivity contribution in [2.45, 2.75) is 32.1 Å². The molecule has 1 fully saturated rings. The van der Waals surface area contributed by atoms with E-state index in [0.717, 1.165) is 24.0 Å². The van der Waals surface area contributed by atoms with Crippen LogP contribution >= 0.6 is 11.3 Å². The molecule has 6 heteroatoms. The van der Waals surface area contributed by atoms with Gasteiger partial charge in [0.25, 0.3) is 0 Å². The van der Waals surface area contributed by atoms with Gasteiger partial charge >= 0.3 is 0 Å². The number of thiophene rings is 1. The average molecular weight is 448 g/mol. The first-order chi connectivity index (χ1) is 15.6. The first kappa shape index (κ1) is 22.2. The number of likely N-dealkylation sites (tertiary alicyclic amines) is 1. The molecule has 4 rings (SSSR count). The summed E-state index contributed by atoms with van der Waals surface area (Å²) in [4.78, 5) is 33.3. The van der Waals surface area contributed by atoms with Crippen LogP contribution in [-0.4, -0.2) is 41.8 Å². The smallest absolute Gasteiger partial charge is 0.228 e. The van der Waals surface area contributed by atoms with Crippen LogP contribution in [0.3, 0.4) is 0 Å². The lowest BCUT2D eigenvalue weighted by Crippen LogP contribution is -2.54. The molecule has 1 aliphatic rings. The number of amides is 2. The zero-order chi connectivity index (χ0) is 22.4. The van der Waals surface area contributed by atoms with Gasteiger partial charge < -0.3 is 10.2 Å². The van der Waals surface area contributed by atoms with Gasteiger partial charge in [-0.1, -0.05) is 36.4 Å². The van der Waals surface area contributed by atoms with Gasteiger partial charge in [-0.25, -0.2) is 0 Å². The third-order valence-electron chi connectivity index (χ3n) is 6.26. The van der Waals surface area contributed by atoms with E-state index in [-0.39, 0.29) is 11.8 Å². The molecule has 0 aliphatic carbocycles. The third kappa shape index (κ3) is 5.07. The lowest BCUT2D eigenvalue weighted by atomic mass is 9.74. The molecule has 2 aromatic heterocycles. The third-order valence-corrected chi connectivity index (χ3v) is 7.18. The van der Waals surface area contributed by atoms with Crippen molar-refractivity contribution < 1.29 is 9.59 Å². The van der Waals surface area contributed by atoms with E-state index in [0.29, 0.717) is 32.4 Å². The topological polar surface area (TPSA) is 62.3 Å². The van der Waals surface area contributed by atoms with Crippen molar-refractivity contribution in [1.82, 2.24) is 15.2 Å². The number of piperidine rings is 1. The number of hydrogen-bond acceptors (Lipinski definition) is 4. The number of pyridine rings is 1. The molecule has 166 valence electrons. The Hall–Kier alpha value is -2.99. The van der Waals surface area contributed by atoms with Crippen LogP contribution in [0, 0.1) is 5.41 Å². The maximum atomic E-state index is 13.1. The lowest BCUT2D eigenvalue weighted by molar-refractivity contribution is -0.141. The Morgan fingerprint density at radius 2 is 2.03 bits per heavy atom. The van der Waals surface area contributed by atoms with E-state index in [4.69, 9.17) is 0 Å². The number of aromatic nitrogens is 1. The molecule has 1 aliphatic heterocycles. The molecule has 1 atom stereocenters. The number of rotatable bonds is 7. The summed E-state index contributed by atoms with van der Waals surface area (Å²) in [5, 5.41) is 4.95. The highest BCUT2D eigenvalue weighted by molar-refractivity contribution is 7.13. The van der Waals surface area contributed by atoms with Crippen molar-refractivity contribution in [3.05, 3.63) is 77.4 Å². The Morgan fingerprint density at radius 3 is 2.78 bits per heavy atom. The van der Waals surface area contributed by atoms with Gasteiger partial charge in [0, 0.05) is 43.8 Å². The number of carbonyl (C=O) groups excluding carboxylic acids is 2. The predicted molar refractivity (Wildman–Crippen MR) is 128 cm³/mol. The van der Waals surface area contributed by atoms with Crippen molar-refractivity contribution in [3.8, 4) is 10.4 Å². The standard InChI is InChI=1S/C26H29N3O2S/c1-27-25(31)26(17-21-6-2-8-22(16-21)23-9-4-15-32-23)12-5-14-29(19-26)24(30)11-10-20-7-3-13-28-18-20/h2-4,6-9,13,15-16,18H,5,10-12,14,17,19H2,1H3,(H,27,31)/t26-/m1/s1. The second-order valence-corrected chi connectivity index (χ2v) is 9.44. The Morgan fingerprint density at radius 1 is 1.16 bits per heavy atom. The SMILES string of the molecule is CNC(=O)[C@@]1(Cc2cccc(-c3cccs3)c2)CCCN(C(=O)CCc2cccnc2)C1. The lowest BCUT2D eigenvalue weighted by Gasteiger charge is -2.41. The Balaban J connectivity index is 1.50. The van der Waals surface area contributed by atoms with Gasteiger partial charge in [-0.15, -0.1) is 11.3 Å². The highest BCUT2D eigenvalue weighted by Gasteiger charge is 2.43. The van der Waals surface area contributed by atoms with Crippen LogP contribution in [0.2, 0.25) is 0 Å². The minimum absolute atomic E-state index is 0.0174. The first-order valence-corrected chi connectivity index (χ1v) is 12.0. The number of nitrogens with one attached hydrogen (secondary N) is 1. The van der Waals surface area contributed by atoms with Gasteiger partial charge in [0.15, 0.2) is 0 Å². The Kier molecular flexibility index (Phi) is 7.00. The van der Waals surface area contributed by atoms with Gasteiger partial charge in [0.05, 0.1) is 5.41 Å². The Labute approximate surface area is 193 Å².